The summed E-state index contributed by atoms with van der Waals surface area (Å²) in [5.74, 6) is -0.401. The fraction of sp³-hybridized carbons (Fsp3) is 0.188. The van der Waals surface area contributed by atoms with Gasteiger partial charge >= 0.3 is 0 Å². The van der Waals surface area contributed by atoms with E-state index in [-0.39, 0.29) is 11.7 Å². The van der Waals surface area contributed by atoms with Gasteiger partial charge in [-0.2, -0.15) is 0 Å². The number of hydrogen-bond acceptors (Lipinski definition) is 3. The minimum atomic E-state index is -1.45. The number of para-hydroxylation sites is 1. The number of nitrogens with one attached hydrogen (secondary N) is 1. The predicted octanol–water partition coefficient (Wildman–Crippen LogP) is 2.63. The van der Waals surface area contributed by atoms with E-state index >= 15 is 0 Å². The van der Waals surface area contributed by atoms with Crippen molar-refractivity contribution in [1.29, 1.82) is 0 Å². The number of nitrogens with two attached hydrogens (primary N) is 1. The van der Waals surface area contributed by atoms with E-state index in [0.29, 0.717) is 16.3 Å². The molecule has 0 spiro atoms. The van der Waals surface area contributed by atoms with Gasteiger partial charge in [-0.05, 0) is 43.2 Å². The molecule has 0 saturated heterocycles. The molecule has 2 aromatic carbocycles. The third-order valence-electron chi connectivity index (χ3n) is 3.09. The third-order valence-corrected chi connectivity index (χ3v) is 4.46. The lowest BCUT2D eigenvalue weighted by atomic mass is 10.2. The van der Waals surface area contributed by atoms with Crippen molar-refractivity contribution in [2.75, 3.05) is 16.8 Å². The van der Waals surface area contributed by atoms with Crippen LogP contribution < -0.4 is 11.1 Å². The maximum Gasteiger partial charge on any atom is 0.237 e. The smallest absolute Gasteiger partial charge is 0.237 e. The first-order valence-corrected chi connectivity index (χ1v) is 7.89. The first-order valence-electron chi connectivity index (χ1n) is 6.57. The molecule has 0 heterocycles. The molecule has 21 heavy (non-hydrogen) atoms. The van der Waals surface area contributed by atoms with Crippen molar-refractivity contribution in [3.63, 3.8) is 0 Å². The fourth-order valence-electron chi connectivity index (χ4n) is 1.97. The number of hydrogen-bond donors (Lipinski definition) is 2. The van der Waals surface area contributed by atoms with Crippen LogP contribution in [0, 0.1) is 13.8 Å². The van der Waals surface area contributed by atoms with Gasteiger partial charge in [0.2, 0.25) is 5.91 Å². The largest absolute Gasteiger partial charge is 0.398 e. The van der Waals surface area contributed by atoms with E-state index in [4.69, 9.17) is 5.73 Å². The molecule has 0 saturated carbocycles. The third kappa shape index (κ3) is 3.92. The molecule has 3 N–H and O–H groups in total. The number of nitrogen functional groups attached to an aromatic ring is 1. The molecule has 4 nitrogen and oxygen atoms in total. The lowest BCUT2D eigenvalue weighted by Gasteiger charge is -2.09. The quantitative estimate of drug-likeness (QED) is 0.853. The van der Waals surface area contributed by atoms with Crippen molar-refractivity contribution < 1.29 is 9.00 Å². The van der Waals surface area contributed by atoms with Gasteiger partial charge in [-0.15, -0.1) is 0 Å². The van der Waals surface area contributed by atoms with Gasteiger partial charge in [0.15, 0.2) is 0 Å². The molecule has 0 aliphatic rings. The highest BCUT2D eigenvalue weighted by Gasteiger charge is 2.14. The Morgan fingerprint density at radius 1 is 1.19 bits per heavy atom. The van der Waals surface area contributed by atoms with Crippen LogP contribution in [0.15, 0.2) is 47.4 Å². The Labute approximate surface area is 126 Å². The molecule has 0 bridgehead atoms. The Bertz CT molecular complexity index is 698. The van der Waals surface area contributed by atoms with Gasteiger partial charge in [0.1, 0.15) is 5.75 Å². The summed E-state index contributed by atoms with van der Waals surface area (Å²) in [7, 11) is -1.45. The Kier molecular flexibility index (Phi) is 4.75. The van der Waals surface area contributed by atoms with Gasteiger partial charge in [0.25, 0.3) is 0 Å². The van der Waals surface area contributed by atoms with Gasteiger partial charge < -0.3 is 11.1 Å². The Balaban J connectivity index is 2.06. The van der Waals surface area contributed by atoms with E-state index in [2.05, 4.69) is 5.32 Å². The summed E-state index contributed by atoms with van der Waals surface area (Å²) < 4.78 is 12.3. The number of amides is 1. The molecule has 0 aliphatic heterocycles. The van der Waals surface area contributed by atoms with E-state index in [1.54, 1.807) is 18.2 Å². The minimum Gasteiger partial charge on any atom is -0.398 e. The zero-order chi connectivity index (χ0) is 15.4. The number of rotatable bonds is 4. The van der Waals surface area contributed by atoms with Crippen LogP contribution in [0.5, 0.6) is 0 Å². The number of anilines is 2. The van der Waals surface area contributed by atoms with Gasteiger partial charge in [0.05, 0.1) is 21.4 Å². The van der Waals surface area contributed by atoms with E-state index < -0.39 is 10.8 Å². The topological polar surface area (TPSA) is 72.2 Å². The SMILES string of the molecule is Cc1cccc(NC(=O)CS(=O)c2cccc(C)c2N)c1. The van der Waals surface area contributed by atoms with Gasteiger partial charge in [-0.25, -0.2) is 0 Å². The highest BCUT2D eigenvalue weighted by atomic mass is 32.2. The Morgan fingerprint density at radius 2 is 1.90 bits per heavy atom. The molecule has 1 atom stereocenters. The highest BCUT2D eigenvalue weighted by Crippen LogP contribution is 2.20. The van der Waals surface area contributed by atoms with Crippen molar-refractivity contribution in [1.82, 2.24) is 0 Å². The molecular formula is C16H18N2O2S. The molecule has 0 aromatic heterocycles. The summed E-state index contributed by atoms with van der Waals surface area (Å²) in [6, 6.07) is 12.8. The van der Waals surface area contributed by atoms with Crippen LogP contribution in [0.2, 0.25) is 0 Å². The molecule has 2 aromatic rings. The second-order valence-electron chi connectivity index (χ2n) is 4.89. The van der Waals surface area contributed by atoms with Crippen LogP contribution in [0.25, 0.3) is 0 Å². The molecule has 0 radical (unpaired) electrons. The molecule has 2 rings (SSSR count). The first kappa shape index (κ1) is 15.3. The standard InChI is InChI=1S/C16H18N2O2S/c1-11-5-3-7-13(9-11)18-15(19)10-21(20)14-8-4-6-12(2)16(14)17/h3-9H,10,17H2,1-2H3,(H,18,19). The number of aryl methyl sites for hydroxylation is 2. The molecule has 110 valence electrons. The second-order valence-corrected chi connectivity index (χ2v) is 6.31. The monoisotopic (exact) mass is 302 g/mol. The summed E-state index contributed by atoms with van der Waals surface area (Å²) in [6.07, 6.45) is 0. The summed E-state index contributed by atoms with van der Waals surface area (Å²) in [6.45, 7) is 3.80. The van der Waals surface area contributed by atoms with Crippen molar-refractivity contribution in [3.8, 4) is 0 Å². The number of carbonyl (C=O) groups is 1. The number of carbonyl (C=O) groups excluding carboxylic acids is 1. The van der Waals surface area contributed by atoms with Crippen LogP contribution in [-0.2, 0) is 15.6 Å². The highest BCUT2D eigenvalue weighted by molar-refractivity contribution is 7.86. The van der Waals surface area contributed by atoms with Crippen molar-refractivity contribution in [2.24, 2.45) is 0 Å². The maximum absolute atomic E-state index is 12.3. The lowest BCUT2D eigenvalue weighted by molar-refractivity contribution is -0.113. The average molecular weight is 302 g/mol. The summed E-state index contributed by atoms with van der Waals surface area (Å²) in [5.41, 5.74) is 9.01. The Hall–Kier alpha value is -2.14. The second kappa shape index (κ2) is 6.54. The zero-order valence-corrected chi connectivity index (χ0v) is 12.9. The van der Waals surface area contributed by atoms with E-state index in [0.717, 1.165) is 11.1 Å². The van der Waals surface area contributed by atoms with Gasteiger partial charge in [-0.3, -0.25) is 9.00 Å². The molecule has 1 unspecified atom stereocenters. The van der Waals surface area contributed by atoms with Crippen LogP contribution in [-0.4, -0.2) is 15.9 Å². The fourth-order valence-corrected chi connectivity index (χ4v) is 3.07. The van der Waals surface area contributed by atoms with Crippen LogP contribution in [0.4, 0.5) is 11.4 Å². The predicted molar refractivity (Wildman–Crippen MR) is 86.7 cm³/mol. The first-order chi connectivity index (χ1) is 9.97. The zero-order valence-electron chi connectivity index (χ0n) is 12.1. The average Bonchev–Trinajstić information content (AvgIpc) is 2.41. The molecule has 1 amide bonds. The summed E-state index contributed by atoms with van der Waals surface area (Å²) >= 11 is 0. The van der Waals surface area contributed by atoms with E-state index in [9.17, 15) is 9.00 Å². The van der Waals surface area contributed by atoms with Crippen LogP contribution in [0.1, 0.15) is 11.1 Å². The number of benzene rings is 2. The van der Waals surface area contributed by atoms with Gasteiger partial charge in [-0.1, -0.05) is 24.3 Å². The van der Waals surface area contributed by atoms with E-state index in [1.165, 1.54) is 0 Å². The van der Waals surface area contributed by atoms with Crippen LogP contribution in [0.3, 0.4) is 0 Å². The molecule has 5 heteroatoms. The molecular weight excluding hydrogens is 284 g/mol. The summed E-state index contributed by atoms with van der Waals surface area (Å²) in [4.78, 5) is 12.5. The van der Waals surface area contributed by atoms with Crippen molar-refractivity contribution >= 4 is 28.1 Å². The minimum absolute atomic E-state index is 0.110. The van der Waals surface area contributed by atoms with Crippen LogP contribution >= 0.6 is 0 Å². The molecule has 0 fully saturated rings. The van der Waals surface area contributed by atoms with Crippen molar-refractivity contribution in [3.05, 3.63) is 53.6 Å². The normalized spacial score (nSPS) is 11.9. The van der Waals surface area contributed by atoms with Gasteiger partial charge in [0, 0.05) is 5.69 Å². The lowest BCUT2D eigenvalue weighted by Crippen LogP contribution is -2.20. The van der Waals surface area contributed by atoms with E-state index in [1.807, 2.05) is 38.1 Å². The Morgan fingerprint density at radius 3 is 2.62 bits per heavy atom. The molecule has 0 aliphatic carbocycles. The summed E-state index contributed by atoms with van der Waals surface area (Å²) in [5, 5.41) is 2.74. The van der Waals surface area contributed by atoms with Crippen molar-refractivity contribution in [2.45, 2.75) is 18.7 Å². The maximum atomic E-state index is 12.3.